The molecule has 1 aliphatic carbocycles. The van der Waals surface area contributed by atoms with Crippen molar-refractivity contribution in [2.45, 2.75) is 19.3 Å². The normalized spacial score (nSPS) is 13.6. The Labute approximate surface area is 121 Å². The maximum atomic E-state index is 13.2. The molecule has 0 bridgehead atoms. The van der Waals surface area contributed by atoms with Crippen molar-refractivity contribution in [1.82, 2.24) is 4.98 Å². The van der Waals surface area contributed by atoms with Crippen molar-refractivity contribution in [3.8, 4) is 0 Å². The van der Waals surface area contributed by atoms with Gasteiger partial charge < -0.3 is 4.98 Å². The zero-order chi connectivity index (χ0) is 14.4. The number of hydrogen-bond acceptors (Lipinski definition) is 1. The molecule has 0 radical (unpaired) electrons. The number of benzene rings is 2. The van der Waals surface area contributed by atoms with Crippen LogP contribution in [0.3, 0.4) is 0 Å². The molecule has 0 saturated carbocycles. The van der Waals surface area contributed by atoms with Gasteiger partial charge in [0.2, 0.25) is 0 Å². The molecule has 2 aromatic carbocycles. The molecule has 0 unspecified atom stereocenters. The van der Waals surface area contributed by atoms with Crippen LogP contribution < -0.4 is 0 Å². The Morgan fingerprint density at radius 2 is 1.90 bits per heavy atom. The first-order chi connectivity index (χ1) is 10.2. The number of fused-ring (bicyclic) bond motifs is 2. The molecule has 21 heavy (non-hydrogen) atoms. The summed E-state index contributed by atoms with van der Waals surface area (Å²) in [6.07, 6.45) is 4.99. The van der Waals surface area contributed by atoms with E-state index in [1.807, 2.05) is 12.1 Å². The first-order valence-electron chi connectivity index (χ1n) is 7.15. The molecule has 1 aromatic heterocycles. The van der Waals surface area contributed by atoms with Crippen LogP contribution in [-0.2, 0) is 12.8 Å². The van der Waals surface area contributed by atoms with E-state index in [-0.39, 0.29) is 11.6 Å². The summed E-state index contributed by atoms with van der Waals surface area (Å²) in [6, 6.07) is 10.4. The van der Waals surface area contributed by atoms with Gasteiger partial charge in [0.25, 0.3) is 0 Å². The first kappa shape index (κ1) is 12.3. The molecule has 2 nitrogen and oxygen atoms in total. The second-order valence-corrected chi connectivity index (χ2v) is 5.56. The highest BCUT2D eigenvalue weighted by Gasteiger charge is 2.17. The highest BCUT2D eigenvalue weighted by atomic mass is 19.1. The van der Waals surface area contributed by atoms with E-state index in [2.05, 4.69) is 11.1 Å². The van der Waals surface area contributed by atoms with Crippen LogP contribution in [0.15, 0.2) is 42.6 Å². The Kier molecular flexibility index (Phi) is 2.67. The standard InChI is InChI=1S/C18H14FNO/c19-14-6-7-15-16(10-20-17(15)9-14)18(21)13-5-4-11-2-1-3-12(11)8-13/h4-10,20H,1-3H2. The van der Waals surface area contributed by atoms with Crippen LogP contribution in [0.25, 0.3) is 10.9 Å². The quantitative estimate of drug-likeness (QED) is 0.706. The van der Waals surface area contributed by atoms with Gasteiger partial charge in [-0.3, -0.25) is 4.79 Å². The van der Waals surface area contributed by atoms with Gasteiger partial charge in [0.15, 0.2) is 5.78 Å². The number of ketones is 1. The molecular formula is C18H14FNO. The van der Waals surface area contributed by atoms with Crippen molar-refractivity contribution in [3.63, 3.8) is 0 Å². The number of halogens is 1. The number of aromatic nitrogens is 1. The third-order valence-corrected chi connectivity index (χ3v) is 4.25. The Morgan fingerprint density at radius 1 is 1.05 bits per heavy atom. The summed E-state index contributed by atoms with van der Waals surface area (Å²) in [5.41, 5.74) is 4.60. The van der Waals surface area contributed by atoms with Gasteiger partial charge in [-0.25, -0.2) is 4.39 Å². The van der Waals surface area contributed by atoms with Crippen LogP contribution in [0.4, 0.5) is 4.39 Å². The van der Waals surface area contributed by atoms with E-state index in [9.17, 15) is 9.18 Å². The summed E-state index contributed by atoms with van der Waals surface area (Å²) in [4.78, 5) is 15.7. The minimum absolute atomic E-state index is 0.0115. The van der Waals surface area contributed by atoms with Crippen molar-refractivity contribution in [3.05, 3.63) is 70.7 Å². The van der Waals surface area contributed by atoms with Crippen molar-refractivity contribution in [2.75, 3.05) is 0 Å². The summed E-state index contributed by atoms with van der Waals surface area (Å²) in [5, 5.41) is 0.766. The Bertz CT molecular complexity index is 863. The molecule has 3 aromatic rings. The maximum Gasteiger partial charge on any atom is 0.195 e. The third-order valence-electron chi connectivity index (χ3n) is 4.25. The van der Waals surface area contributed by atoms with Gasteiger partial charge in [0.1, 0.15) is 5.82 Å². The number of nitrogens with one attached hydrogen (secondary N) is 1. The molecule has 0 aliphatic heterocycles. The summed E-state index contributed by atoms with van der Waals surface area (Å²) in [5.74, 6) is -0.316. The van der Waals surface area contributed by atoms with E-state index in [0.29, 0.717) is 16.6 Å². The number of carbonyl (C=O) groups is 1. The zero-order valence-corrected chi connectivity index (χ0v) is 11.4. The molecule has 4 rings (SSSR count). The van der Waals surface area contributed by atoms with Crippen LogP contribution >= 0.6 is 0 Å². The summed E-state index contributed by atoms with van der Waals surface area (Å²) < 4.78 is 13.2. The monoisotopic (exact) mass is 279 g/mol. The lowest BCUT2D eigenvalue weighted by Gasteiger charge is -2.04. The highest BCUT2D eigenvalue weighted by molar-refractivity contribution is 6.16. The predicted octanol–water partition coefficient (Wildman–Crippen LogP) is 4.03. The smallest absolute Gasteiger partial charge is 0.195 e. The maximum absolute atomic E-state index is 13.2. The first-order valence-corrected chi connectivity index (χ1v) is 7.15. The fraction of sp³-hybridized carbons (Fsp3) is 0.167. The van der Waals surface area contributed by atoms with Gasteiger partial charge in [0.05, 0.1) is 0 Å². The molecule has 0 fully saturated rings. The SMILES string of the molecule is O=C(c1ccc2c(c1)CCC2)c1c[nH]c2cc(F)ccc12. The number of aromatic amines is 1. The zero-order valence-electron chi connectivity index (χ0n) is 11.4. The lowest BCUT2D eigenvalue weighted by Crippen LogP contribution is -2.01. The van der Waals surface area contributed by atoms with E-state index < -0.39 is 0 Å². The second kappa shape index (κ2) is 4.55. The van der Waals surface area contributed by atoms with Crippen LogP contribution in [0.5, 0.6) is 0 Å². The van der Waals surface area contributed by atoms with Gasteiger partial charge in [0, 0.05) is 28.2 Å². The molecule has 0 amide bonds. The van der Waals surface area contributed by atoms with E-state index in [0.717, 1.165) is 18.2 Å². The number of aryl methyl sites for hydroxylation is 2. The van der Waals surface area contributed by atoms with Gasteiger partial charge in [-0.15, -0.1) is 0 Å². The minimum atomic E-state index is -0.305. The van der Waals surface area contributed by atoms with Crippen molar-refractivity contribution in [2.24, 2.45) is 0 Å². The highest BCUT2D eigenvalue weighted by Crippen LogP contribution is 2.26. The summed E-state index contributed by atoms with van der Waals surface area (Å²) in [6.45, 7) is 0. The topological polar surface area (TPSA) is 32.9 Å². The average molecular weight is 279 g/mol. The van der Waals surface area contributed by atoms with Gasteiger partial charge in [-0.1, -0.05) is 12.1 Å². The average Bonchev–Trinajstić information content (AvgIpc) is 3.11. The van der Waals surface area contributed by atoms with Gasteiger partial charge >= 0.3 is 0 Å². The van der Waals surface area contributed by atoms with E-state index in [1.54, 1.807) is 12.3 Å². The second-order valence-electron chi connectivity index (χ2n) is 5.56. The lowest BCUT2D eigenvalue weighted by atomic mass is 9.99. The van der Waals surface area contributed by atoms with Crippen molar-refractivity contribution < 1.29 is 9.18 Å². The van der Waals surface area contributed by atoms with Crippen LogP contribution in [0, 0.1) is 5.82 Å². The molecule has 1 N–H and O–H groups in total. The summed E-state index contributed by atoms with van der Waals surface area (Å²) >= 11 is 0. The Morgan fingerprint density at radius 3 is 2.81 bits per heavy atom. The van der Waals surface area contributed by atoms with Gasteiger partial charge in [-0.05, 0) is 54.7 Å². The molecule has 104 valence electrons. The van der Waals surface area contributed by atoms with Crippen molar-refractivity contribution >= 4 is 16.7 Å². The molecule has 1 aliphatic rings. The van der Waals surface area contributed by atoms with Gasteiger partial charge in [-0.2, -0.15) is 0 Å². The molecule has 0 saturated heterocycles. The largest absolute Gasteiger partial charge is 0.360 e. The number of rotatable bonds is 2. The van der Waals surface area contributed by atoms with Crippen molar-refractivity contribution in [1.29, 1.82) is 0 Å². The molecule has 1 heterocycles. The number of H-pyrrole nitrogens is 1. The van der Waals surface area contributed by atoms with Crippen LogP contribution in [0.1, 0.15) is 33.5 Å². The lowest BCUT2D eigenvalue weighted by molar-refractivity contribution is 0.104. The predicted molar refractivity (Wildman–Crippen MR) is 80.2 cm³/mol. The van der Waals surface area contributed by atoms with Crippen LogP contribution in [-0.4, -0.2) is 10.8 Å². The van der Waals surface area contributed by atoms with Crippen LogP contribution in [0.2, 0.25) is 0 Å². The summed E-state index contributed by atoms with van der Waals surface area (Å²) in [7, 11) is 0. The number of hydrogen-bond donors (Lipinski definition) is 1. The fourth-order valence-electron chi connectivity index (χ4n) is 3.15. The van der Waals surface area contributed by atoms with E-state index in [1.165, 1.54) is 29.7 Å². The molecule has 3 heteroatoms. The molecule has 0 atom stereocenters. The van der Waals surface area contributed by atoms with E-state index >= 15 is 0 Å². The van der Waals surface area contributed by atoms with E-state index in [4.69, 9.17) is 0 Å². The third kappa shape index (κ3) is 1.97. The molecular weight excluding hydrogens is 265 g/mol. The Hall–Kier alpha value is -2.42. The minimum Gasteiger partial charge on any atom is -0.360 e. The molecule has 0 spiro atoms. The fourth-order valence-corrected chi connectivity index (χ4v) is 3.15. The Balaban J connectivity index is 1.79. The number of carbonyl (C=O) groups excluding carboxylic acids is 1.